The van der Waals surface area contributed by atoms with E-state index in [1.165, 1.54) is 0 Å². The van der Waals surface area contributed by atoms with Crippen molar-refractivity contribution in [2.75, 3.05) is 5.32 Å². The first-order valence-electron chi connectivity index (χ1n) is 7.19. The van der Waals surface area contributed by atoms with Gasteiger partial charge in [0, 0.05) is 16.8 Å². The van der Waals surface area contributed by atoms with Crippen molar-refractivity contribution in [3.05, 3.63) is 66.1 Å². The number of amides is 1. The van der Waals surface area contributed by atoms with E-state index in [1.807, 2.05) is 43.3 Å². The maximum absolute atomic E-state index is 11.2. The largest absolute Gasteiger partial charge is 0.418 e. The van der Waals surface area contributed by atoms with Gasteiger partial charge in [-0.1, -0.05) is 24.3 Å². The summed E-state index contributed by atoms with van der Waals surface area (Å²) in [4.78, 5) is 11.2. The lowest BCUT2D eigenvalue weighted by Crippen LogP contribution is -2.12. The van der Waals surface area contributed by atoms with Gasteiger partial charge in [0.2, 0.25) is 17.7 Å². The first-order valence-corrected chi connectivity index (χ1v) is 7.19. The van der Waals surface area contributed by atoms with E-state index in [2.05, 4.69) is 15.5 Å². The maximum Gasteiger partial charge on any atom is 0.248 e. The molecule has 0 unspecified atom stereocenters. The SMILES string of the molecule is C[C@H](Nc1cccc(C(N)=O)c1)c1nnc(-c2ccccc2)o1. The molecule has 6 nitrogen and oxygen atoms in total. The molecule has 3 rings (SSSR count). The number of carbonyl (C=O) groups excluding carboxylic acids is 1. The molecular formula is C17H16N4O2. The molecule has 0 bridgehead atoms. The van der Waals surface area contributed by atoms with Crippen LogP contribution in [0, 0.1) is 0 Å². The Morgan fingerprint density at radius 2 is 1.91 bits per heavy atom. The summed E-state index contributed by atoms with van der Waals surface area (Å²) < 4.78 is 5.71. The molecule has 0 saturated carbocycles. The second-order valence-electron chi connectivity index (χ2n) is 5.12. The van der Waals surface area contributed by atoms with Gasteiger partial charge >= 0.3 is 0 Å². The van der Waals surface area contributed by atoms with Crippen molar-refractivity contribution in [2.24, 2.45) is 5.73 Å². The van der Waals surface area contributed by atoms with Gasteiger partial charge < -0.3 is 15.5 Å². The van der Waals surface area contributed by atoms with Crippen LogP contribution in [0.25, 0.3) is 11.5 Å². The fraction of sp³-hybridized carbons (Fsp3) is 0.118. The highest BCUT2D eigenvalue weighted by atomic mass is 16.4. The van der Waals surface area contributed by atoms with Crippen molar-refractivity contribution >= 4 is 11.6 Å². The minimum Gasteiger partial charge on any atom is -0.418 e. The highest BCUT2D eigenvalue weighted by molar-refractivity contribution is 5.93. The number of hydrogen-bond donors (Lipinski definition) is 2. The van der Waals surface area contributed by atoms with Crippen LogP contribution < -0.4 is 11.1 Å². The molecule has 116 valence electrons. The number of carbonyl (C=O) groups is 1. The molecule has 1 atom stereocenters. The Hall–Kier alpha value is -3.15. The van der Waals surface area contributed by atoms with Crippen LogP contribution in [0.4, 0.5) is 5.69 Å². The first-order chi connectivity index (χ1) is 11.1. The van der Waals surface area contributed by atoms with Crippen molar-refractivity contribution in [2.45, 2.75) is 13.0 Å². The Morgan fingerprint density at radius 3 is 2.65 bits per heavy atom. The van der Waals surface area contributed by atoms with Gasteiger partial charge in [0.05, 0.1) is 0 Å². The highest BCUT2D eigenvalue weighted by Crippen LogP contribution is 2.23. The lowest BCUT2D eigenvalue weighted by atomic mass is 10.2. The molecule has 2 aromatic carbocycles. The standard InChI is InChI=1S/C17H16N4O2/c1-11(19-14-9-5-8-13(10-14)15(18)22)16-20-21-17(23-16)12-6-3-2-4-7-12/h2-11,19H,1H3,(H2,18,22)/t11-/m0/s1. The van der Waals surface area contributed by atoms with E-state index >= 15 is 0 Å². The van der Waals surface area contributed by atoms with Crippen LogP contribution in [0.5, 0.6) is 0 Å². The van der Waals surface area contributed by atoms with Gasteiger partial charge in [0.25, 0.3) is 0 Å². The number of aromatic nitrogens is 2. The zero-order valence-corrected chi connectivity index (χ0v) is 12.6. The number of primary amides is 1. The number of benzene rings is 2. The molecule has 3 N–H and O–H groups in total. The Kier molecular flexibility index (Phi) is 4.05. The molecule has 6 heteroatoms. The van der Waals surface area contributed by atoms with Crippen LogP contribution in [0.1, 0.15) is 29.2 Å². The zero-order valence-electron chi connectivity index (χ0n) is 12.6. The van der Waals surface area contributed by atoms with Crippen LogP contribution in [0.2, 0.25) is 0 Å². The van der Waals surface area contributed by atoms with Gasteiger partial charge in [0.1, 0.15) is 6.04 Å². The maximum atomic E-state index is 11.2. The van der Waals surface area contributed by atoms with Crippen molar-refractivity contribution < 1.29 is 9.21 Å². The number of anilines is 1. The molecule has 0 saturated heterocycles. The fourth-order valence-electron chi connectivity index (χ4n) is 2.18. The summed E-state index contributed by atoms with van der Waals surface area (Å²) in [5.41, 5.74) is 7.35. The van der Waals surface area contributed by atoms with Crippen LogP contribution >= 0.6 is 0 Å². The van der Waals surface area contributed by atoms with Crippen molar-refractivity contribution in [1.29, 1.82) is 0 Å². The third-order valence-corrected chi connectivity index (χ3v) is 3.36. The van der Waals surface area contributed by atoms with Crippen LogP contribution in [0.15, 0.2) is 59.0 Å². The number of rotatable bonds is 5. The Labute approximate surface area is 133 Å². The molecule has 1 amide bonds. The van der Waals surface area contributed by atoms with Crippen LogP contribution in [0.3, 0.4) is 0 Å². The van der Waals surface area contributed by atoms with Gasteiger partial charge in [-0.25, -0.2) is 0 Å². The molecular weight excluding hydrogens is 292 g/mol. The van der Waals surface area contributed by atoms with E-state index in [0.29, 0.717) is 17.3 Å². The van der Waals surface area contributed by atoms with Crippen molar-refractivity contribution in [3.8, 4) is 11.5 Å². The van der Waals surface area contributed by atoms with Crippen molar-refractivity contribution in [3.63, 3.8) is 0 Å². The van der Waals surface area contributed by atoms with E-state index < -0.39 is 5.91 Å². The number of nitrogens with two attached hydrogens (primary N) is 1. The smallest absolute Gasteiger partial charge is 0.248 e. The van der Waals surface area contributed by atoms with E-state index in [4.69, 9.17) is 10.2 Å². The van der Waals surface area contributed by atoms with E-state index in [9.17, 15) is 4.79 Å². The number of nitrogens with one attached hydrogen (secondary N) is 1. The topological polar surface area (TPSA) is 94.0 Å². The number of hydrogen-bond acceptors (Lipinski definition) is 5. The average Bonchev–Trinajstić information content (AvgIpc) is 3.06. The van der Waals surface area contributed by atoms with E-state index in [-0.39, 0.29) is 6.04 Å². The van der Waals surface area contributed by atoms with Gasteiger partial charge in [-0.2, -0.15) is 0 Å². The molecule has 0 radical (unpaired) electrons. The Morgan fingerprint density at radius 1 is 1.13 bits per heavy atom. The lowest BCUT2D eigenvalue weighted by molar-refractivity contribution is 0.100. The quantitative estimate of drug-likeness (QED) is 0.755. The van der Waals surface area contributed by atoms with Gasteiger partial charge in [0.15, 0.2) is 0 Å². The molecule has 0 aliphatic heterocycles. The zero-order chi connectivity index (χ0) is 16.2. The molecule has 0 spiro atoms. The second kappa shape index (κ2) is 6.31. The summed E-state index contributed by atoms with van der Waals surface area (Å²) in [5, 5.41) is 11.4. The van der Waals surface area contributed by atoms with Gasteiger partial charge in [-0.15, -0.1) is 10.2 Å². The second-order valence-corrected chi connectivity index (χ2v) is 5.12. The molecule has 1 aromatic heterocycles. The monoisotopic (exact) mass is 308 g/mol. The third kappa shape index (κ3) is 3.37. The highest BCUT2D eigenvalue weighted by Gasteiger charge is 2.15. The molecule has 23 heavy (non-hydrogen) atoms. The van der Waals surface area contributed by atoms with E-state index in [1.54, 1.807) is 18.2 Å². The van der Waals surface area contributed by atoms with Gasteiger partial charge in [-0.05, 0) is 37.3 Å². The predicted molar refractivity (Wildman–Crippen MR) is 86.7 cm³/mol. The Bertz CT molecular complexity index is 814. The third-order valence-electron chi connectivity index (χ3n) is 3.36. The summed E-state index contributed by atoms with van der Waals surface area (Å²) in [5.74, 6) is 0.471. The lowest BCUT2D eigenvalue weighted by Gasteiger charge is -2.11. The summed E-state index contributed by atoms with van der Waals surface area (Å²) >= 11 is 0. The molecule has 0 fully saturated rings. The normalized spacial score (nSPS) is 11.9. The first kappa shape index (κ1) is 14.8. The molecule has 0 aliphatic carbocycles. The summed E-state index contributed by atoms with van der Waals surface area (Å²) in [6, 6.07) is 16.3. The molecule has 0 aliphatic rings. The van der Waals surface area contributed by atoms with E-state index in [0.717, 1.165) is 11.3 Å². The molecule has 1 heterocycles. The van der Waals surface area contributed by atoms with Crippen molar-refractivity contribution in [1.82, 2.24) is 10.2 Å². The fourth-order valence-corrected chi connectivity index (χ4v) is 2.18. The van der Waals surface area contributed by atoms with Crippen LogP contribution in [-0.2, 0) is 0 Å². The minimum atomic E-state index is -0.467. The predicted octanol–water partition coefficient (Wildman–Crippen LogP) is 3.01. The molecule has 3 aromatic rings. The summed E-state index contributed by atoms with van der Waals surface area (Å²) in [7, 11) is 0. The number of nitrogens with zero attached hydrogens (tertiary/aromatic N) is 2. The Balaban J connectivity index is 1.76. The van der Waals surface area contributed by atoms with Crippen LogP contribution in [-0.4, -0.2) is 16.1 Å². The van der Waals surface area contributed by atoms with Gasteiger partial charge in [-0.3, -0.25) is 4.79 Å². The summed E-state index contributed by atoms with van der Waals surface area (Å²) in [6.45, 7) is 1.90. The summed E-state index contributed by atoms with van der Waals surface area (Å²) in [6.07, 6.45) is 0. The minimum absolute atomic E-state index is 0.205. The average molecular weight is 308 g/mol.